The van der Waals surface area contributed by atoms with Crippen LogP contribution in [0.15, 0.2) is 0 Å². The van der Waals surface area contributed by atoms with E-state index in [0.29, 0.717) is 12.5 Å². The Hall–Kier alpha value is -0.730. The molecule has 0 radical (unpaired) electrons. The summed E-state index contributed by atoms with van der Waals surface area (Å²) in [5, 5.41) is 0. The number of ether oxygens (including phenoxy) is 2. The fourth-order valence-corrected chi connectivity index (χ4v) is 2.61. The largest absolute Gasteiger partial charge is 0.508 e. The number of carbonyl (C=O) groups excluding carboxylic acids is 1. The quantitative estimate of drug-likeness (QED) is 0.493. The molecule has 0 aromatic rings. The highest BCUT2D eigenvalue weighted by Gasteiger charge is 2.28. The lowest BCUT2D eigenvalue weighted by molar-refractivity contribution is -0.0136. The molecule has 0 heterocycles. The van der Waals surface area contributed by atoms with Crippen molar-refractivity contribution in [2.45, 2.75) is 92.6 Å². The first-order valence-corrected chi connectivity index (χ1v) is 8.48. The van der Waals surface area contributed by atoms with Crippen LogP contribution in [-0.2, 0) is 9.47 Å². The molecule has 0 fully saturated rings. The highest BCUT2D eigenvalue weighted by molar-refractivity contribution is 5.60. The monoisotopic (exact) mass is 300 g/mol. The van der Waals surface area contributed by atoms with Crippen LogP contribution in [-0.4, -0.2) is 18.4 Å². The van der Waals surface area contributed by atoms with E-state index >= 15 is 0 Å². The molecule has 0 amide bonds. The second-order valence-corrected chi connectivity index (χ2v) is 7.68. The van der Waals surface area contributed by atoms with E-state index in [1.807, 2.05) is 20.8 Å². The van der Waals surface area contributed by atoms with Crippen molar-refractivity contribution in [3.63, 3.8) is 0 Å². The highest BCUT2D eigenvalue weighted by Crippen LogP contribution is 2.37. The van der Waals surface area contributed by atoms with Gasteiger partial charge in [-0.25, -0.2) is 4.79 Å². The van der Waals surface area contributed by atoms with Crippen LogP contribution < -0.4 is 0 Å². The summed E-state index contributed by atoms with van der Waals surface area (Å²) in [5.41, 5.74) is -0.286. The predicted octanol–water partition coefficient (Wildman–Crippen LogP) is 5.96. The number of rotatable bonds is 9. The molecule has 0 aromatic carbocycles. The van der Waals surface area contributed by atoms with Gasteiger partial charge in [-0.2, -0.15) is 0 Å². The van der Waals surface area contributed by atoms with Crippen LogP contribution in [0.5, 0.6) is 0 Å². The number of hydrogen-bond acceptors (Lipinski definition) is 3. The molecule has 21 heavy (non-hydrogen) atoms. The highest BCUT2D eigenvalue weighted by atomic mass is 16.7. The summed E-state index contributed by atoms with van der Waals surface area (Å²) in [6.45, 7) is 15.0. The first kappa shape index (κ1) is 20.3. The van der Waals surface area contributed by atoms with E-state index < -0.39 is 11.8 Å². The lowest BCUT2D eigenvalue weighted by Crippen LogP contribution is -2.28. The van der Waals surface area contributed by atoms with Crippen LogP contribution in [0.3, 0.4) is 0 Å². The van der Waals surface area contributed by atoms with Crippen molar-refractivity contribution in [1.82, 2.24) is 0 Å². The minimum Gasteiger partial charge on any atom is -0.434 e. The van der Waals surface area contributed by atoms with E-state index in [1.165, 1.54) is 32.1 Å². The Morgan fingerprint density at radius 3 is 2.10 bits per heavy atom. The Balaban J connectivity index is 4.27. The SMILES string of the molecule is CCCCC(CCC)C(C)(C)CCOC(=O)OC(C)(C)C. The minimum absolute atomic E-state index is 0.202. The zero-order valence-corrected chi connectivity index (χ0v) is 15.3. The van der Waals surface area contributed by atoms with Crippen molar-refractivity contribution < 1.29 is 14.3 Å². The van der Waals surface area contributed by atoms with Gasteiger partial charge in [-0.3, -0.25) is 0 Å². The number of unbranched alkanes of at least 4 members (excludes halogenated alkanes) is 1. The summed E-state index contributed by atoms with van der Waals surface area (Å²) in [5.74, 6) is 0.699. The average Bonchev–Trinajstić information content (AvgIpc) is 2.31. The lowest BCUT2D eigenvalue weighted by Gasteiger charge is -2.34. The zero-order valence-electron chi connectivity index (χ0n) is 15.3. The smallest absolute Gasteiger partial charge is 0.434 e. The van der Waals surface area contributed by atoms with Crippen LogP contribution in [0.4, 0.5) is 4.79 Å². The third-order valence-corrected chi connectivity index (χ3v) is 4.00. The molecule has 3 heteroatoms. The van der Waals surface area contributed by atoms with Gasteiger partial charge in [0.05, 0.1) is 6.61 Å². The maximum atomic E-state index is 11.6. The van der Waals surface area contributed by atoms with Gasteiger partial charge in [-0.15, -0.1) is 0 Å². The second-order valence-electron chi connectivity index (χ2n) is 7.68. The zero-order chi connectivity index (χ0) is 16.5. The van der Waals surface area contributed by atoms with Crippen molar-refractivity contribution in [3.8, 4) is 0 Å². The second kappa shape index (κ2) is 9.32. The first-order valence-electron chi connectivity index (χ1n) is 8.48. The number of carbonyl (C=O) groups is 1. The van der Waals surface area contributed by atoms with Crippen molar-refractivity contribution >= 4 is 6.16 Å². The van der Waals surface area contributed by atoms with Crippen molar-refractivity contribution in [3.05, 3.63) is 0 Å². The third kappa shape index (κ3) is 9.76. The van der Waals surface area contributed by atoms with Gasteiger partial charge in [0.2, 0.25) is 0 Å². The molecular formula is C18H36O3. The lowest BCUT2D eigenvalue weighted by atomic mass is 9.72. The van der Waals surface area contributed by atoms with Crippen LogP contribution >= 0.6 is 0 Å². The van der Waals surface area contributed by atoms with Crippen LogP contribution in [0.25, 0.3) is 0 Å². The standard InChI is InChI=1S/C18H36O3/c1-8-10-12-15(11-9-2)18(6,7)13-14-20-16(19)21-17(3,4)5/h15H,8-14H2,1-7H3. The van der Waals surface area contributed by atoms with Crippen molar-refractivity contribution in [1.29, 1.82) is 0 Å². The van der Waals surface area contributed by atoms with E-state index in [4.69, 9.17) is 9.47 Å². The predicted molar refractivity (Wildman–Crippen MR) is 88.5 cm³/mol. The molecule has 0 N–H and O–H groups in total. The minimum atomic E-state index is -0.557. The molecule has 126 valence electrons. The molecule has 0 aliphatic rings. The van der Waals surface area contributed by atoms with Gasteiger partial charge in [0.1, 0.15) is 5.60 Å². The molecule has 0 spiro atoms. The van der Waals surface area contributed by atoms with E-state index in [0.717, 1.165) is 6.42 Å². The van der Waals surface area contributed by atoms with Gasteiger partial charge in [0.25, 0.3) is 0 Å². The van der Waals surface area contributed by atoms with Crippen LogP contribution in [0.2, 0.25) is 0 Å². The van der Waals surface area contributed by atoms with Crippen molar-refractivity contribution in [2.75, 3.05) is 6.61 Å². The molecule has 0 saturated heterocycles. The molecule has 0 rings (SSSR count). The summed E-state index contributed by atoms with van der Waals surface area (Å²) >= 11 is 0. The Labute approximate surface area is 131 Å². The molecule has 0 saturated carbocycles. The van der Waals surface area contributed by atoms with Crippen molar-refractivity contribution in [2.24, 2.45) is 11.3 Å². The van der Waals surface area contributed by atoms with Gasteiger partial charge in [0.15, 0.2) is 0 Å². The summed E-state index contributed by atoms with van der Waals surface area (Å²) in [4.78, 5) is 11.6. The maximum absolute atomic E-state index is 11.6. The van der Waals surface area contributed by atoms with E-state index in [2.05, 4.69) is 27.7 Å². The topological polar surface area (TPSA) is 35.5 Å². The molecule has 0 bridgehead atoms. The molecule has 3 nitrogen and oxygen atoms in total. The molecular weight excluding hydrogens is 264 g/mol. The Morgan fingerprint density at radius 1 is 1.00 bits per heavy atom. The summed E-state index contributed by atoms with van der Waals surface area (Å²) in [6, 6.07) is 0. The maximum Gasteiger partial charge on any atom is 0.508 e. The molecule has 0 aliphatic heterocycles. The Kier molecular flexibility index (Phi) is 9.00. The first-order chi connectivity index (χ1) is 9.62. The molecule has 1 unspecified atom stereocenters. The van der Waals surface area contributed by atoms with Crippen LogP contribution in [0, 0.1) is 11.3 Å². The van der Waals surface area contributed by atoms with E-state index in [1.54, 1.807) is 0 Å². The molecule has 1 atom stereocenters. The van der Waals surface area contributed by atoms with Gasteiger partial charge >= 0.3 is 6.16 Å². The average molecular weight is 300 g/mol. The summed E-state index contributed by atoms with van der Waals surface area (Å²) in [7, 11) is 0. The van der Waals surface area contributed by atoms with E-state index in [-0.39, 0.29) is 5.41 Å². The molecule has 0 aliphatic carbocycles. The fraction of sp³-hybridized carbons (Fsp3) is 0.944. The summed E-state index contributed by atoms with van der Waals surface area (Å²) in [6.07, 6.45) is 6.58. The molecule has 0 aromatic heterocycles. The van der Waals surface area contributed by atoms with E-state index in [9.17, 15) is 4.79 Å². The van der Waals surface area contributed by atoms with Gasteiger partial charge in [-0.05, 0) is 44.9 Å². The Morgan fingerprint density at radius 2 is 1.62 bits per heavy atom. The van der Waals surface area contributed by atoms with Crippen LogP contribution in [0.1, 0.15) is 87.0 Å². The normalized spacial score (nSPS) is 13.9. The number of hydrogen-bond donors (Lipinski definition) is 0. The summed E-state index contributed by atoms with van der Waals surface area (Å²) < 4.78 is 10.4. The Bertz CT molecular complexity index is 289. The fourth-order valence-electron chi connectivity index (χ4n) is 2.61. The van der Waals surface area contributed by atoms with Gasteiger partial charge in [0, 0.05) is 0 Å². The van der Waals surface area contributed by atoms with Gasteiger partial charge in [-0.1, -0.05) is 53.4 Å². The van der Waals surface area contributed by atoms with Gasteiger partial charge < -0.3 is 9.47 Å². The third-order valence-electron chi connectivity index (χ3n) is 4.00.